The van der Waals surface area contributed by atoms with Crippen LogP contribution in [0.5, 0.6) is 17.2 Å². The molecule has 0 aliphatic carbocycles. The third kappa shape index (κ3) is 3.27. The van der Waals surface area contributed by atoms with E-state index in [1.165, 1.54) is 6.92 Å². The van der Waals surface area contributed by atoms with E-state index >= 15 is 0 Å². The summed E-state index contributed by atoms with van der Waals surface area (Å²) < 4.78 is 15.8. The van der Waals surface area contributed by atoms with Crippen LogP contribution < -0.4 is 19.5 Å². The number of Topliss-reactive ketones (excluding diaryl/α,β-unsaturated/α-hetero) is 1. The number of benzene rings is 1. The summed E-state index contributed by atoms with van der Waals surface area (Å²) in [6.45, 7) is 1.50. The number of nitrogens with one attached hydrogen (secondary N) is 1. The van der Waals surface area contributed by atoms with Gasteiger partial charge in [-0.2, -0.15) is 0 Å². The fourth-order valence-electron chi connectivity index (χ4n) is 1.40. The summed E-state index contributed by atoms with van der Waals surface area (Å²) in [6.07, 6.45) is 0. The average Bonchev–Trinajstić information content (AvgIpc) is 2.34. The summed E-state index contributed by atoms with van der Waals surface area (Å²) >= 11 is 0. The molecule has 0 fully saturated rings. The molecule has 0 atom stereocenters. The molecule has 1 aromatic rings. The van der Waals surface area contributed by atoms with E-state index in [0.29, 0.717) is 17.2 Å². The molecule has 94 valence electrons. The van der Waals surface area contributed by atoms with E-state index in [9.17, 15) is 4.79 Å². The first-order valence-electron chi connectivity index (χ1n) is 5.18. The van der Waals surface area contributed by atoms with Crippen molar-refractivity contribution in [3.63, 3.8) is 0 Å². The molecular formula is C12H17NO4. The second kappa shape index (κ2) is 5.98. The van der Waals surface area contributed by atoms with Crippen LogP contribution in [0, 0.1) is 0 Å². The van der Waals surface area contributed by atoms with E-state index in [0.717, 1.165) is 5.69 Å². The number of hydrogen-bond acceptors (Lipinski definition) is 5. The maximum atomic E-state index is 10.8. The zero-order valence-electron chi connectivity index (χ0n) is 10.5. The SMILES string of the molecule is CNc1c(OC)cc(OCC(C)=O)cc1OC. The summed E-state index contributed by atoms with van der Waals surface area (Å²) in [5, 5.41) is 2.99. The first-order chi connectivity index (χ1) is 8.12. The fourth-order valence-corrected chi connectivity index (χ4v) is 1.40. The van der Waals surface area contributed by atoms with Crippen LogP contribution in [0.3, 0.4) is 0 Å². The van der Waals surface area contributed by atoms with Crippen LogP contribution in [0.15, 0.2) is 12.1 Å². The fraction of sp³-hybridized carbons (Fsp3) is 0.417. The first kappa shape index (κ1) is 13.2. The number of carbonyl (C=O) groups is 1. The molecule has 0 amide bonds. The smallest absolute Gasteiger partial charge is 0.167 e. The first-order valence-corrected chi connectivity index (χ1v) is 5.18. The minimum Gasteiger partial charge on any atom is -0.494 e. The van der Waals surface area contributed by atoms with Gasteiger partial charge in [0.05, 0.1) is 14.2 Å². The van der Waals surface area contributed by atoms with Crippen LogP contribution in [0.4, 0.5) is 5.69 Å². The molecule has 0 aromatic heterocycles. The van der Waals surface area contributed by atoms with Crippen LogP contribution in [0.1, 0.15) is 6.92 Å². The summed E-state index contributed by atoms with van der Waals surface area (Å²) in [7, 11) is 4.89. The third-order valence-corrected chi connectivity index (χ3v) is 2.17. The van der Waals surface area contributed by atoms with E-state index in [1.807, 2.05) is 0 Å². The molecule has 0 unspecified atom stereocenters. The van der Waals surface area contributed by atoms with Gasteiger partial charge in [-0.1, -0.05) is 0 Å². The Balaban J connectivity index is 3.04. The Hall–Kier alpha value is -1.91. The monoisotopic (exact) mass is 239 g/mol. The Bertz CT molecular complexity index is 378. The van der Waals surface area contributed by atoms with E-state index in [2.05, 4.69) is 5.32 Å². The molecular weight excluding hydrogens is 222 g/mol. The molecule has 5 heteroatoms. The highest BCUT2D eigenvalue weighted by Gasteiger charge is 2.12. The van der Waals surface area contributed by atoms with Crippen LogP contribution in [0.2, 0.25) is 0 Å². The van der Waals surface area contributed by atoms with Crippen molar-refractivity contribution in [3.8, 4) is 17.2 Å². The highest BCUT2D eigenvalue weighted by molar-refractivity contribution is 5.77. The molecule has 1 N–H and O–H groups in total. The van der Waals surface area contributed by atoms with Crippen molar-refractivity contribution < 1.29 is 19.0 Å². The second-order valence-corrected chi connectivity index (χ2v) is 3.44. The van der Waals surface area contributed by atoms with E-state index in [-0.39, 0.29) is 12.4 Å². The van der Waals surface area contributed by atoms with E-state index in [1.54, 1.807) is 33.4 Å². The number of anilines is 1. The number of methoxy groups -OCH3 is 2. The van der Waals surface area contributed by atoms with E-state index in [4.69, 9.17) is 14.2 Å². The van der Waals surface area contributed by atoms with Crippen LogP contribution in [-0.4, -0.2) is 33.7 Å². The topological polar surface area (TPSA) is 56.8 Å². The summed E-state index contributed by atoms with van der Waals surface area (Å²) in [5.74, 6) is 1.70. The number of ketones is 1. The molecule has 0 spiro atoms. The molecule has 1 rings (SSSR count). The van der Waals surface area contributed by atoms with Gasteiger partial charge in [0.2, 0.25) is 0 Å². The molecule has 0 aliphatic rings. The zero-order valence-corrected chi connectivity index (χ0v) is 10.5. The van der Waals surface area contributed by atoms with Crippen LogP contribution >= 0.6 is 0 Å². The van der Waals surface area contributed by atoms with Crippen LogP contribution in [0.25, 0.3) is 0 Å². The molecule has 0 radical (unpaired) electrons. The van der Waals surface area contributed by atoms with Crippen molar-refractivity contribution in [2.45, 2.75) is 6.92 Å². The van der Waals surface area contributed by atoms with Gasteiger partial charge in [-0.3, -0.25) is 4.79 Å². The molecule has 17 heavy (non-hydrogen) atoms. The summed E-state index contributed by atoms with van der Waals surface area (Å²) in [4.78, 5) is 10.8. The number of carbonyl (C=O) groups excluding carboxylic acids is 1. The van der Waals surface area contributed by atoms with Crippen molar-refractivity contribution in [3.05, 3.63) is 12.1 Å². The molecule has 0 saturated carbocycles. The lowest BCUT2D eigenvalue weighted by molar-refractivity contribution is -0.118. The van der Waals surface area contributed by atoms with Gasteiger partial charge < -0.3 is 19.5 Å². The molecule has 5 nitrogen and oxygen atoms in total. The van der Waals surface area contributed by atoms with Crippen molar-refractivity contribution in [1.82, 2.24) is 0 Å². The van der Waals surface area contributed by atoms with E-state index < -0.39 is 0 Å². The number of ether oxygens (including phenoxy) is 3. The third-order valence-electron chi connectivity index (χ3n) is 2.17. The highest BCUT2D eigenvalue weighted by atomic mass is 16.5. The number of hydrogen-bond donors (Lipinski definition) is 1. The minimum atomic E-state index is -0.0411. The van der Waals surface area contributed by atoms with Gasteiger partial charge in [0.15, 0.2) is 5.78 Å². The lowest BCUT2D eigenvalue weighted by Gasteiger charge is -2.14. The Morgan fingerprint density at radius 3 is 2.12 bits per heavy atom. The maximum Gasteiger partial charge on any atom is 0.167 e. The summed E-state index contributed by atoms with van der Waals surface area (Å²) in [5.41, 5.74) is 0.741. The Morgan fingerprint density at radius 2 is 1.76 bits per heavy atom. The van der Waals surface area contributed by atoms with Gasteiger partial charge in [-0.05, 0) is 6.92 Å². The highest BCUT2D eigenvalue weighted by Crippen LogP contribution is 2.38. The molecule has 0 saturated heterocycles. The Morgan fingerprint density at radius 1 is 1.24 bits per heavy atom. The Labute approximate surface area is 101 Å². The quantitative estimate of drug-likeness (QED) is 0.819. The Kier molecular flexibility index (Phi) is 4.63. The minimum absolute atomic E-state index is 0.0329. The van der Waals surface area contributed by atoms with Gasteiger partial charge >= 0.3 is 0 Å². The predicted molar refractivity (Wildman–Crippen MR) is 65.3 cm³/mol. The lowest BCUT2D eigenvalue weighted by Crippen LogP contribution is -2.07. The molecule has 1 aromatic carbocycles. The standard InChI is InChI=1S/C12H17NO4/c1-8(14)7-17-9-5-10(15-3)12(13-2)11(6-9)16-4/h5-6,13H,7H2,1-4H3. The maximum absolute atomic E-state index is 10.8. The van der Waals surface area contributed by atoms with Gasteiger partial charge in [0.25, 0.3) is 0 Å². The van der Waals surface area contributed by atoms with Gasteiger partial charge in [0.1, 0.15) is 29.5 Å². The predicted octanol–water partition coefficient (Wildman–Crippen LogP) is 1.71. The summed E-state index contributed by atoms with van der Waals surface area (Å²) in [6, 6.07) is 3.41. The van der Waals surface area contributed by atoms with Crippen molar-refractivity contribution in [2.24, 2.45) is 0 Å². The zero-order chi connectivity index (χ0) is 12.8. The molecule has 0 bridgehead atoms. The lowest BCUT2D eigenvalue weighted by atomic mass is 10.2. The molecule has 0 aliphatic heterocycles. The van der Waals surface area contributed by atoms with Gasteiger partial charge in [0, 0.05) is 19.2 Å². The number of rotatable bonds is 6. The normalized spacial score (nSPS) is 9.65. The van der Waals surface area contributed by atoms with Crippen molar-refractivity contribution in [1.29, 1.82) is 0 Å². The van der Waals surface area contributed by atoms with Crippen LogP contribution in [-0.2, 0) is 4.79 Å². The van der Waals surface area contributed by atoms with Gasteiger partial charge in [-0.25, -0.2) is 0 Å². The van der Waals surface area contributed by atoms with Crippen molar-refractivity contribution >= 4 is 11.5 Å². The van der Waals surface area contributed by atoms with Crippen molar-refractivity contribution in [2.75, 3.05) is 33.2 Å². The largest absolute Gasteiger partial charge is 0.494 e. The van der Waals surface area contributed by atoms with Gasteiger partial charge in [-0.15, -0.1) is 0 Å². The average molecular weight is 239 g/mol. The second-order valence-electron chi connectivity index (χ2n) is 3.44. The molecule has 0 heterocycles.